The van der Waals surface area contributed by atoms with Crippen molar-refractivity contribution in [2.75, 3.05) is 0 Å². The van der Waals surface area contributed by atoms with Crippen LogP contribution in [0.3, 0.4) is 0 Å². The second-order valence-corrected chi connectivity index (χ2v) is 6.93. The molecule has 4 nitrogen and oxygen atoms in total. The summed E-state index contributed by atoms with van der Waals surface area (Å²) in [4.78, 5) is 0. The van der Waals surface area contributed by atoms with Crippen LogP contribution in [-0.4, -0.2) is 19.1 Å². The second-order valence-electron chi connectivity index (χ2n) is 5.88. The smallest absolute Gasteiger partial charge is 0.264 e. The first-order valence-corrected chi connectivity index (χ1v) is 10.0. The number of hydrogen-bond acceptors (Lipinski definition) is 3. The maximum Gasteiger partial charge on any atom is 0.397 e. The van der Waals surface area contributed by atoms with E-state index in [4.69, 9.17) is 4.55 Å². The topological polar surface area (TPSA) is 63.6 Å². The molecule has 0 heterocycles. The number of rotatable bonds is 15. The van der Waals surface area contributed by atoms with Crippen LogP contribution >= 0.6 is 0 Å². The first kappa shape index (κ1) is 20.9. The predicted octanol–water partition coefficient (Wildman–Crippen LogP) is 5.29. The van der Waals surface area contributed by atoms with Gasteiger partial charge in [-0.15, -0.1) is 0 Å². The fourth-order valence-corrected chi connectivity index (χ4v) is 3.10. The van der Waals surface area contributed by atoms with E-state index < -0.39 is 10.4 Å². The lowest BCUT2D eigenvalue weighted by molar-refractivity contribution is 0.165. The fraction of sp³-hybridized carbons (Fsp3) is 1.00. The molecule has 21 heavy (non-hydrogen) atoms. The van der Waals surface area contributed by atoms with Gasteiger partial charge in [0.05, 0.1) is 6.10 Å². The molecule has 1 atom stereocenters. The average Bonchev–Trinajstić information content (AvgIpc) is 2.42. The number of hydrogen-bond donors (Lipinski definition) is 1. The minimum Gasteiger partial charge on any atom is -0.264 e. The molecule has 0 saturated carbocycles. The van der Waals surface area contributed by atoms with E-state index in [0.717, 1.165) is 12.8 Å². The van der Waals surface area contributed by atoms with E-state index in [9.17, 15) is 8.42 Å². The first-order valence-electron chi connectivity index (χ1n) is 8.65. The Kier molecular flexibility index (Phi) is 13.4. The van der Waals surface area contributed by atoms with Crippen molar-refractivity contribution >= 4 is 10.4 Å². The van der Waals surface area contributed by atoms with Gasteiger partial charge in [-0.2, -0.15) is 8.42 Å². The second kappa shape index (κ2) is 13.5. The lowest BCUT2D eigenvalue weighted by Crippen LogP contribution is -2.16. The normalized spacial score (nSPS) is 13.5. The summed E-state index contributed by atoms with van der Waals surface area (Å²) in [6.07, 6.45) is 14.9. The Morgan fingerprint density at radius 2 is 1.24 bits per heavy atom. The molecule has 1 N–H and O–H groups in total. The quantitative estimate of drug-likeness (QED) is 0.329. The van der Waals surface area contributed by atoms with Gasteiger partial charge >= 0.3 is 10.4 Å². The van der Waals surface area contributed by atoms with E-state index >= 15 is 0 Å². The summed E-state index contributed by atoms with van der Waals surface area (Å²) >= 11 is 0. The van der Waals surface area contributed by atoms with Crippen LogP contribution in [0.4, 0.5) is 0 Å². The molecule has 0 radical (unpaired) electrons. The van der Waals surface area contributed by atoms with Gasteiger partial charge in [-0.05, 0) is 12.8 Å². The van der Waals surface area contributed by atoms with Gasteiger partial charge in [-0.1, -0.05) is 84.5 Å². The highest BCUT2D eigenvalue weighted by atomic mass is 32.3. The van der Waals surface area contributed by atoms with Crippen molar-refractivity contribution in [2.24, 2.45) is 0 Å². The molecular weight excluding hydrogens is 288 g/mol. The molecule has 0 aromatic carbocycles. The molecule has 128 valence electrons. The van der Waals surface area contributed by atoms with Crippen molar-refractivity contribution in [1.29, 1.82) is 0 Å². The van der Waals surface area contributed by atoms with Crippen LogP contribution in [0, 0.1) is 0 Å². The monoisotopic (exact) mass is 322 g/mol. The van der Waals surface area contributed by atoms with Gasteiger partial charge in [-0.25, -0.2) is 4.18 Å². The van der Waals surface area contributed by atoms with Crippen LogP contribution in [0.5, 0.6) is 0 Å². The summed E-state index contributed by atoms with van der Waals surface area (Å²) in [6.45, 7) is 4.11. The molecule has 0 bridgehead atoms. The van der Waals surface area contributed by atoms with Gasteiger partial charge in [0.1, 0.15) is 0 Å². The molecule has 0 aliphatic carbocycles. The SMILES string of the molecule is CCCCCCCCCCCCCC(CC)OS(=O)(=O)O. The standard InChI is InChI=1S/C16H34O4S/c1-3-5-6-7-8-9-10-11-12-13-14-15-16(4-2)20-21(17,18)19/h16H,3-15H2,1-2H3,(H,17,18,19). The summed E-state index contributed by atoms with van der Waals surface area (Å²) in [7, 11) is -4.30. The van der Waals surface area contributed by atoms with Crippen molar-refractivity contribution in [1.82, 2.24) is 0 Å². The van der Waals surface area contributed by atoms with Crippen molar-refractivity contribution in [3.63, 3.8) is 0 Å². The van der Waals surface area contributed by atoms with Gasteiger partial charge in [-0.3, -0.25) is 4.55 Å². The Morgan fingerprint density at radius 1 is 0.810 bits per heavy atom. The van der Waals surface area contributed by atoms with Crippen molar-refractivity contribution in [2.45, 2.75) is 103 Å². The minimum atomic E-state index is -4.30. The molecule has 0 spiro atoms. The predicted molar refractivity (Wildman–Crippen MR) is 87.8 cm³/mol. The molecule has 0 aliphatic rings. The highest BCUT2D eigenvalue weighted by molar-refractivity contribution is 7.80. The summed E-state index contributed by atoms with van der Waals surface area (Å²) < 4.78 is 34.5. The Bertz CT molecular complexity index is 314. The molecule has 0 amide bonds. The van der Waals surface area contributed by atoms with E-state index in [1.54, 1.807) is 0 Å². The maximum absolute atomic E-state index is 10.6. The van der Waals surface area contributed by atoms with E-state index in [2.05, 4.69) is 11.1 Å². The third-order valence-electron chi connectivity index (χ3n) is 3.84. The molecular formula is C16H34O4S. The van der Waals surface area contributed by atoms with Crippen LogP contribution in [0.25, 0.3) is 0 Å². The molecule has 5 heteroatoms. The summed E-state index contributed by atoms with van der Waals surface area (Å²) in [5, 5.41) is 0. The van der Waals surface area contributed by atoms with Crippen LogP contribution in [0.2, 0.25) is 0 Å². The van der Waals surface area contributed by atoms with Gasteiger partial charge in [0, 0.05) is 0 Å². The van der Waals surface area contributed by atoms with Gasteiger partial charge in [0.15, 0.2) is 0 Å². The third-order valence-corrected chi connectivity index (χ3v) is 4.36. The zero-order chi connectivity index (χ0) is 16.0. The average molecular weight is 323 g/mol. The first-order chi connectivity index (χ1) is 9.99. The maximum atomic E-state index is 10.6. The molecule has 0 aliphatic heterocycles. The molecule has 1 unspecified atom stereocenters. The Morgan fingerprint density at radius 3 is 1.62 bits per heavy atom. The molecule has 0 aromatic heterocycles. The minimum absolute atomic E-state index is 0.376. The van der Waals surface area contributed by atoms with Crippen LogP contribution < -0.4 is 0 Å². The molecule has 0 fully saturated rings. The van der Waals surface area contributed by atoms with Crippen molar-refractivity contribution < 1.29 is 17.2 Å². The Hall–Kier alpha value is -0.130. The summed E-state index contributed by atoms with van der Waals surface area (Å²) in [5.74, 6) is 0. The fourth-order valence-electron chi connectivity index (χ4n) is 2.53. The molecule has 0 saturated heterocycles. The summed E-state index contributed by atoms with van der Waals surface area (Å²) in [5.41, 5.74) is 0. The number of unbranched alkanes of at least 4 members (excludes halogenated alkanes) is 10. The largest absolute Gasteiger partial charge is 0.397 e. The van der Waals surface area contributed by atoms with E-state index in [1.807, 2.05) is 6.92 Å². The highest BCUT2D eigenvalue weighted by Gasteiger charge is 2.14. The van der Waals surface area contributed by atoms with Crippen LogP contribution in [0.1, 0.15) is 97.3 Å². The van der Waals surface area contributed by atoms with Gasteiger partial charge in [0.25, 0.3) is 0 Å². The van der Waals surface area contributed by atoms with Crippen molar-refractivity contribution in [3.8, 4) is 0 Å². The van der Waals surface area contributed by atoms with Crippen LogP contribution in [-0.2, 0) is 14.6 Å². The zero-order valence-electron chi connectivity index (χ0n) is 13.8. The van der Waals surface area contributed by atoms with E-state index in [-0.39, 0.29) is 6.10 Å². The highest BCUT2D eigenvalue weighted by Crippen LogP contribution is 2.15. The lowest BCUT2D eigenvalue weighted by atomic mass is 10.0. The van der Waals surface area contributed by atoms with E-state index in [0.29, 0.717) is 12.8 Å². The van der Waals surface area contributed by atoms with Crippen molar-refractivity contribution in [3.05, 3.63) is 0 Å². The molecule has 0 rings (SSSR count). The summed E-state index contributed by atoms with van der Waals surface area (Å²) in [6, 6.07) is 0. The van der Waals surface area contributed by atoms with Gasteiger partial charge in [0.2, 0.25) is 0 Å². The van der Waals surface area contributed by atoms with Crippen LogP contribution in [0.15, 0.2) is 0 Å². The lowest BCUT2D eigenvalue weighted by Gasteiger charge is -2.12. The van der Waals surface area contributed by atoms with Gasteiger partial charge < -0.3 is 0 Å². The third kappa shape index (κ3) is 16.1. The molecule has 0 aromatic rings. The Balaban J connectivity index is 3.35. The van der Waals surface area contributed by atoms with E-state index in [1.165, 1.54) is 57.8 Å². The zero-order valence-corrected chi connectivity index (χ0v) is 14.7. The Labute approximate surface area is 131 Å².